The van der Waals surface area contributed by atoms with Gasteiger partial charge in [0.05, 0.1) is 22.9 Å². The van der Waals surface area contributed by atoms with E-state index in [1.165, 1.54) is 23.9 Å². The van der Waals surface area contributed by atoms with Gasteiger partial charge in [-0.15, -0.1) is 0 Å². The summed E-state index contributed by atoms with van der Waals surface area (Å²) in [6.45, 7) is 3.43. The number of nitrogens with zero attached hydrogens (tertiary/aromatic N) is 4. The van der Waals surface area contributed by atoms with Crippen LogP contribution in [-0.2, 0) is 9.59 Å². The zero-order chi connectivity index (χ0) is 16.8. The molecule has 22 heavy (non-hydrogen) atoms. The zero-order valence-electron chi connectivity index (χ0n) is 13.6. The van der Waals surface area contributed by atoms with Crippen LogP contribution in [0.1, 0.15) is 13.8 Å². The second-order valence-electron chi connectivity index (χ2n) is 6.81. The van der Waals surface area contributed by atoms with Gasteiger partial charge in [0.25, 0.3) is 0 Å². The van der Waals surface area contributed by atoms with Crippen molar-refractivity contribution in [3.8, 4) is 0 Å². The predicted molar refractivity (Wildman–Crippen MR) is 75.6 cm³/mol. The lowest BCUT2D eigenvalue weighted by Gasteiger charge is -2.72. The molecule has 2 saturated heterocycles. The number of amides is 6. The van der Waals surface area contributed by atoms with Gasteiger partial charge in [0.15, 0.2) is 0 Å². The third kappa shape index (κ3) is 1.14. The Morgan fingerprint density at radius 1 is 0.682 bits per heavy atom. The molecule has 3 fully saturated rings. The molecule has 0 spiro atoms. The molecule has 6 amide bonds. The number of imide groups is 2. The van der Waals surface area contributed by atoms with Crippen LogP contribution in [0.3, 0.4) is 0 Å². The Labute approximate surface area is 128 Å². The number of carbonyl (C=O) groups is 4. The number of likely N-dealkylation sites (N-methyl/N-ethyl adjacent to an activating group) is 2. The first-order valence-corrected chi connectivity index (χ1v) is 7.12. The molecule has 4 atom stereocenters. The molecule has 3 aliphatic rings. The highest BCUT2D eigenvalue weighted by Crippen LogP contribution is 2.64. The monoisotopic (exact) mass is 308 g/mol. The van der Waals surface area contributed by atoms with E-state index in [0.717, 1.165) is 9.80 Å². The molecule has 2 heterocycles. The van der Waals surface area contributed by atoms with Gasteiger partial charge < -0.3 is 9.80 Å². The van der Waals surface area contributed by atoms with E-state index >= 15 is 0 Å². The van der Waals surface area contributed by atoms with Crippen LogP contribution < -0.4 is 0 Å². The van der Waals surface area contributed by atoms with Crippen LogP contribution in [0, 0.1) is 10.8 Å². The largest absolute Gasteiger partial charge is 0.326 e. The molecule has 0 unspecified atom stereocenters. The van der Waals surface area contributed by atoms with Crippen molar-refractivity contribution in [3.05, 3.63) is 0 Å². The maximum absolute atomic E-state index is 12.8. The van der Waals surface area contributed by atoms with E-state index in [1.54, 1.807) is 27.9 Å². The topological polar surface area (TPSA) is 81.2 Å². The van der Waals surface area contributed by atoms with Crippen LogP contribution >= 0.6 is 0 Å². The normalized spacial score (nSPS) is 41.5. The van der Waals surface area contributed by atoms with Gasteiger partial charge in [-0.25, -0.2) is 9.59 Å². The molecule has 0 aromatic carbocycles. The molecule has 0 bridgehead atoms. The highest BCUT2D eigenvalue weighted by atomic mass is 16.2. The lowest BCUT2D eigenvalue weighted by atomic mass is 9.42. The van der Waals surface area contributed by atoms with Crippen molar-refractivity contribution in [2.75, 3.05) is 28.2 Å². The smallest absolute Gasteiger partial charge is 0.321 e. The Hall–Kier alpha value is -2.12. The Kier molecular flexibility index (Phi) is 2.55. The van der Waals surface area contributed by atoms with E-state index < -0.39 is 35.0 Å². The molecule has 1 saturated carbocycles. The molecule has 3 rings (SSSR count). The highest BCUT2D eigenvalue weighted by molar-refractivity contribution is 6.10. The number of hydrogen-bond acceptors (Lipinski definition) is 4. The average Bonchev–Trinajstić information content (AvgIpc) is 2.50. The summed E-state index contributed by atoms with van der Waals surface area (Å²) in [6, 6.07) is -1.83. The molecular weight excluding hydrogens is 288 g/mol. The fraction of sp³-hybridized carbons (Fsp3) is 0.714. The first kappa shape index (κ1) is 14.8. The molecule has 0 aromatic heterocycles. The molecule has 120 valence electrons. The van der Waals surface area contributed by atoms with Crippen molar-refractivity contribution in [3.63, 3.8) is 0 Å². The summed E-state index contributed by atoms with van der Waals surface area (Å²) in [5.41, 5.74) is -2.09. The van der Waals surface area contributed by atoms with Gasteiger partial charge in [0, 0.05) is 28.2 Å². The zero-order valence-corrected chi connectivity index (χ0v) is 13.6. The van der Waals surface area contributed by atoms with Crippen molar-refractivity contribution in [1.29, 1.82) is 0 Å². The van der Waals surface area contributed by atoms with Crippen LogP contribution in [0.2, 0.25) is 0 Å². The summed E-state index contributed by atoms with van der Waals surface area (Å²) in [5.74, 6) is -0.743. The van der Waals surface area contributed by atoms with E-state index in [1.807, 2.05) is 0 Å². The van der Waals surface area contributed by atoms with Crippen LogP contribution in [0.4, 0.5) is 9.59 Å². The molecular formula is C14H20N4O4. The standard InChI is InChI=1S/C14H20N4O4/c1-13-7(15(3)11(21)17(5)9(13)19)8-14(13,2)10(20)18(6)12(22)16(8)4/h7-8H,1-6H3/t7-,8+,13+,14-. The minimum atomic E-state index is -1.05. The summed E-state index contributed by atoms with van der Waals surface area (Å²) in [6.07, 6.45) is 0. The van der Waals surface area contributed by atoms with Gasteiger partial charge in [0.2, 0.25) is 11.8 Å². The highest BCUT2D eigenvalue weighted by Gasteiger charge is 2.81. The lowest BCUT2D eigenvalue weighted by Crippen LogP contribution is -2.90. The number of carbonyl (C=O) groups excluding carboxylic acids is 4. The Bertz CT molecular complexity index is 580. The third-order valence-corrected chi connectivity index (χ3v) is 6.07. The van der Waals surface area contributed by atoms with E-state index in [2.05, 4.69) is 0 Å². The minimum Gasteiger partial charge on any atom is -0.321 e. The maximum Gasteiger partial charge on any atom is 0.326 e. The number of rotatable bonds is 0. The Morgan fingerprint density at radius 3 is 1.23 bits per heavy atom. The molecule has 0 radical (unpaired) electrons. The van der Waals surface area contributed by atoms with Crippen molar-refractivity contribution in [1.82, 2.24) is 19.6 Å². The van der Waals surface area contributed by atoms with Crippen LogP contribution in [0.15, 0.2) is 0 Å². The number of urea groups is 2. The molecule has 0 N–H and O–H groups in total. The SMILES string of the molecule is CN1C(=O)N(C)[C@H]2[C@H]3N(C)C(=O)N(C)C(=O)[C@@]3(C)[C@@]2(C)C1=O. The summed E-state index contributed by atoms with van der Waals surface area (Å²) < 4.78 is 0. The first-order chi connectivity index (χ1) is 10.0. The quantitative estimate of drug-likeness (QED) is 0.620. The van der Waals surface area contributed by atoms with Gasteiger partial charge in [-0.1, -0.05) is 0 Å². The Balaban J connectivity index is 2.19. The molecule has 8 nitrogen and oxygen atoms in total. The van der Waals surface area contributed by atoms with Crippen molar-refractivity contribution in [2.24, 2.45) is 10.8 Å². The number of fused-ring (bicyclic) bond motifs is 4. The molecule has 8 heteroatoms. The Morgan fingerprint density at radius 2 is 0.955 bits per heavy atom. The van der Waals surface area contributed by atoms with Crippen LogP contribution in [-0.4, -0.2) is 83.8 Å². The summed E-state index contributed by atoms with van der Waals surface area (Å²) >= 11 is 0. The van der Waals surface area contributed by atoms with Gasteiger partial charge in [-0.05, 0) is 13.8 Å². The molecule has 0 aromatic rings. The van der Waals surface area contributed by atoms with Gasteiger partial charge in [-0.2, -0.15) is 0 Å². The second-order valence-corrected chi connectivity index (χ2v) is 6.81. The fourth-order valence-corrected chi connectivity index (χ4v) is 4.63. The van der Waals surface area contributed by atoms with Crippen molar-refractivity contribution >= 4 is 23.9 Å². The molecule has 2 aliphatic heterocycles. The van der Waals surface area contributed by atoms with E-state index in [4.69, 9.17) is 0 Å². The number of hydrogen-bond donors (Lipinski definition) is 0. The summed E-state index contributed by atoms with van der Waals surface area (Å²) in [5, 5.41) is 0. The predicted octanol–water partition coefficient (Wildman–Crippen LogP) is -0.203. The minimum absolute atomic E-state index is 0.371. The van der Waals surface area contributed by atoms with Gasteiger partial charge >= 0.3 is 12.1 Å². The van der Waals surface area contributed by atoms with Gasteiger partial charge in [0.1, 0.15) is 0 Å². The van der Waals surface area contributed by atoms with E-state index in [-0.39, 0.29) is 11.8 Å². The van der Waals surface area contributed by atoms with Crippen molar-refractivity contribution in [2.45, 2.75) is 25.9 Å². The van der Waals surface area contributed by atoms with Crippen LogP contribution in [0.5, 0.6) is 0 Å². The molecule has 1 aliphatic carbocycles. The summed E-state index contributed by atoms with van der Waals surface area (Å²) in [4.78, 5) is 55.0. The van der Waals surface area contributed by atoms with Gasteiger partial charge in [-0.3, -0.25) is 19.4 Å². The van der Waals surface area contributed by atoms with Crippen LogP contribution in [0.25, 0.3) is 0 Å². The average molecular weight is 308 g/mol. The third-order valence-electron chi connectivity index (χ3n) is 6.07. The fourth-order valence-electron chi connectivity index (χ4n) is 4.63. The lowest BCUT2D eigenvalue weighted by molar-refractivity contribution is -0.223. The van der Waals surface area contributed by atoms with E-state index in [0.29, 0.717) is 0 Å². The maximum atomic E-state index is 12.8. The first-order valence-electron chi connectivity index (χ1n) is 7.12. The van der Waals surface area contributed by atoms with Crippen molar-refractivity contribution < 1.29 is 19.2 Å². The second kappa shape index (κ2) is 3.80. The summed E-state index contributed by atoms with van der Waals surface area (Å²) in [7, 11) is 6.06. The van der Waals surface area contributed by atoms with E-state index in [9.17, 15) is 19.2 Å².